The van der Waals surface area contributed by atoms with Crippen LogP contribution in [0.25, 0.3) is 11.1 Å². The second kappa shape index (κ2) is 5.45. The highest BCUT2D eigenvalue weighted by Gasteiger charge is 2.31. The summed E-state index contributed by atoms with van der Waals surface area (Å²) >= 11 is 5.96. The minimum Gasteiger partial charge on any atom is -0.352 e. The molecule has 1 aromatic carbocycles. The van der Waals surface area contributed by atoms with Crippen molar-refractivity contribution < 1.29 is 9.18 Å². The molecule has 0 aliphatic carbocycles. The predicted molar refractivity (Wildman–Crippen MR) is 90.2 cm³/mol. The van der Waals surface area contributed by atoms with E-state index in [0.29, 0.717) is 36.2 Å². The van der Waals surface area contributed by atoms with Crippen molar-refractivity contribution in [2.45, 2.75) is 32.2 Å². The summed E-state index contributed by atoms with van der Waals surface area (Å²) in [6, 6.07) is 4.69. The predicted octanol–water partition coefficient (Wildman–Crippen LogP) is 3.10. The molecular weight excluding hydrogens is 331 g/mol. The molecule has 24 heavy (non-hydrogen) atoms. The molecule has 4 rings (SSSR count). The molecule has 0 radical (unpaired) electrons. The maximum atomic E-state index is 14.8. The number of hydrogen-bond acceptors (Lipinski definition) is 2. The van der Waals surface area contributed by atoms with E-state index in [1.807, 2.05) is 6.92 Å². The van der Waals surface area contributed by atoms with Crippen LogP contribution in [0.2, 0.25) is 5.02 Å². The van der Waals surface area contributed by atoms with Crippen molar-refractivity contribution in [3.05, 3.63) is 56.2 Å². The van der Waals surface area contributed by atoms with Gasteiger partial charge in [-0.1, -0.05) is 17.7 Å². The topological polar surface area (TPSA) is 51.1 Å². The molecule has 1 aromatic heterocycles. The minimum atomic E-state index is -0.569. The Morgan fingerprint density at radius 3 is 2.83 bits per heavy atom. The number of nitrogens with zero attached hydrogens (tertiary/aromatic N) is 1. The van der Waals surface area contributed by atoms with E-state index >= 15 is 0 Å². The van der Waals surface area contributed by atoms with Gasteiger partial charge in [0.15, 0.2) is 0 Å². The second-order valence-electron chi connectivity index (χ2n) is 6.38. The number of amides is 1. The molecule has 0 fully saturated rings. The first-order valence-electron chi connectivity index (χ1n) is 8.03. The first kappa shape index (κ1) is 15.4. The normalized spacial score (nSPS) is 19.0. The zero-order chi connectivity index (χ0) is 17.0. The summed E-state index contributed by atoms with van der Waals surface area (Å²) in [5, 5.41) is 2.86. The number of hydrogen-bond donors (Lipinski definition) is 1. The van der Waals surface area contributed by atoms with Crippen LogP contribution in [0.15, 0.2) is 23.0 Å². The lowest BCUT2D eigenvalue weighted by molar-refractivity contribution is 0.0952. The Morgan fingerprint density at radius 2 is 2.04 bits per heavy atom. The van der Waals surface area contributed by atoms with Gasteiger partial charge in [-0.2, -0.15) is 0 Å². The van der Waals surface area contributed by atoms with Gasteiger partial charge in [0.1, 0.15) is 5.82 Å². The van der Waals surface area contributed by atoms with Crippen LogP contribution in [0, 0.1) is 5.82 Å². The Bertz CT molecular complexity index is 936. The Balaban J connectivity index is 2.13. The highest BCUT2D eigenvalue weighted by atomic mass is 35.5. The number of fused-ring (bicyclic) bond motifs is 5. The van der Waals surface area contributed by atoms with Crippen molar-refractivity contribution in [2.75, 3.05) is 6.54 Å². The fourth-order valence-electron chi connectivity index (χ4n) is 3.82. The van der Waals surface area contributed by atoms with Crippen LogP contribution in [0.5, 0.6) is 0 Å². The van der Waals surface area contributed by atoms with Gasteiger partial charge in [0.05, 0.1) is 10.6 Å². The number of carbonyl (C=O) groups is 1. The van der Waals surface area contributed by atoms with E-state index in [-0.39, 0.29) is 28.1 Å². The van der Waals surface area contributed by atoms with Gasteiger partial charge in [-0.25, -0.2) is 4.39 Å². The molecule has 1 amide bonds. The molecule has 6 heteroatoms. The SMILES string of the molecule is C[C@@H]1CCc2c3c(cc(=O)n21)-c1c(ccc(Cl)c1F)CCNC3=O. The zero-order valence-electron chi connectivity index (χ0n) is 13.2. The third-order valence-corrected chi connectivity index (χ3v) is 5.24. The van der Waals surface area contributed by atoms with Crippen molar-refractivity contribution in [1.82, 2.24) is 9.88 Å². The van der Waals surface area contributed by atoms with Crippen LogP contribution in [0.4, 0.5) is 4.39 Å². The van der Waals surface area contributed by atoms with Crippen LogP contribution in [-0.4, -0.2) is 17.0 Å². The number of pyridine rings is 1. The first-order chi connectivity index (χ1) is 11.5. The molecule has 1 atom stereocenters. The van der Waals surface area contributed by atoms with Gasteiger partial charge in [-0.05, 0) is 37.8 Å². The van der Waals surface area contributed by atoms with E-state index < -0.39 is 5.82 Å². The Hall–Kier alpha value is -2.14. The molecule has 0 spiro atoms. The first-order valence-corrected chi connectivity index (χ1v) is 8.40. The van der Waals surface area contributed by atoms with Gasteiger partial charge < -0.3 is 9.88 Å². The fraction of sp³-hybridized carbons (Fsp3) is 0.333. The number of aromatic nitrogens is 1. The smallest absolute Gasteiger partial charge is 0.253 e. The van der Waals surface area contributed by atoms with E-state index in [1.165, 1.54) is 12.1 Å². The van der Waals surface area contributed by atoms with E-state index in [1.54, 1.807) is 10.6 Å². The van der Waals surface area contributed by atoms with Gasteiger partial charge in [0, 0.05) is 35.5 Å². The van der Waals surface area contributed by atoms with Crippen LogP contribution < -0.4 is 10.9 Å². The Labute approximate surface area is 143 Å². The molecule has 1 N–H and O–H groups in total. The van der Waals surface area contributed by atoms with Crippen molar-refractivity contribution in [2.24, 2.45) is 0 Å². The summed E-state index contributed by atoms with van der Waals surface area (Å²) < 4.78 is 16.4. The third kappa shape index (κ3) is 2.11. The zero-order valence-corrected chi connectivity index (χ0v) is 13.9. The van der Waals surface area contributed by atoms with Crippen molar-refractivity contribution >= 4 is 17.5 Å². The minimum absolute atomic E-state index is 0.00495. The summed E-state index contributed by atoms with van der Waals surface area (Å²) in [6.45, 7) is 2.37. The van der Waals surface area contributed by atoms with Gasteiger partial charge in [0.25, 0.3) is 11.5 Å². The molecule has 0 saturated heterocycles. The average Bonchev–Trinajstić information content (AvgIpc) is 2.91. The average molecular weight is 347 g/mol. The monoisotopic (exact) mass is 346 g/mol. The number of halogens is 2. The molecule has 2 aromatic rings. The van der Waals surface area contributed by atoms with Gasteiger partial charge in [-0.15, -0.1) is 0 Å². The van der Waals surface area contributed by atoms with Gasteiger partial charge in [-0.3, -0.25) is 9.59 Å². The number of rotatable bonds is 0. The molecule has 0 bridgehead atoms. The molecule has 4 nitrogen and oxygen atoms in total. The number of carbonyl (C=O) groups excluding carboxylic acids is 1. The van der Waals surface area contributed by atoms with Crippen molar-refractivity contribution in [1.29, 1.82) is 0 Å². The molecular formula is C18H16ClFN2O2. The molecule has 124 valence electrons. The Morgan fingerprint density at radius 1 is 1.25 bits per heavy atom. The molecule has 2 aliphatic heterocycles. The lowest BCUT2D eigenvalue weighted by Crippen LogP contribution is -2.32. The van der Waals surface area contributed by atoms with E-state index in [0.717, 1.165) is 12.0 Å². The molecule has 0 saturated carbocycles. The molecule has 0 unspecified atom stereocenters. The number of benzene rings is 1. The summed E-state index contributed by atoms with van der Waals surface area (Å²) in [5.41, 5.74) is 2.27. The van der Waals surface area contributed by atoms with E-state index in [4.69, 9.17) is 11.6 Å². The summed E-state index contributed by atoms with van der Waals surface area (Å²) in [7, 11) is 0. The highest BCUT2D eigenvalue weighted by molar-refractivity contribution is 6.31. The van der Waals surface area contributed by atoms with Gasteiger partial charge in [0.2, 0.25) is 0 Å². The van der Waals surface area contributed by atoms with Crippen LogP contribution in [0.1, 0.15) is 41.0 Å². The quantitative estimate of drug-likeness (QED) is 0.797. The van der Waals surface area contributed by atoms with Crippen LogP contribution in [0.3, 0.4) is 0 Å². The maximum Gasteiger partial charge on any atom is 0.253 e. The van der Waals surface area contributed by atoms with E-state index in [9.17, 15) is 14.0 Å². The van der Waals surface area contributed by atoms with Gasteiger partial charge >= 0.3 is 0 Å². The lowest BCUT2D eigenvalue weighted by atomic mass is 9.90. The number of nitrogens with one attached hydrogen (secondary N) is 1. The standard InChI is InChI=1S/C18H16ClFN2O2/c1-9-2-5-13-16-11(8-14(23)22(9)13)15-10(6-7-21-18(16)24)3-4-12(19)17(15)20/h3-4,8-9H,2,5-7H2,1H3,(H,21,24)/t9-/m1/s1. The highest BCUT2D eigenvalue weighted by Crippen LogP contribution is 2.37. The van der Waals surface area contributed by atoms with Crippen LogP contribution >= 0.6 is 11.6 Å². The molecule has 3 heterocycles. The summed E-state index contributed by atoms with van der Waals surface area (Å²) in [4.78, 5) is 25.2. The maximum absolute atomic E-state index is 14.8. The van der Waals surface area contributed by atoms with E-state index in [2.05, 4.69) is 5.32 Å². The fourth-order valence-corrected chi connectivity index (χ4v) is 3.97. The van der Waals surface area contributed by atoms with Crippen LogP contribution in [-0.2, 0) is 12.8 Å². The molecule has 2 aliphatic rings. The second-order valence-corrected chi connectivity index (χ2v) is 6.78. The summed E-state index contributed by atoms with van der Waals surface area (Å²) in [5.74, 6) is -0.826. The Kier molecular flexibility index (Phi) is 3.49. The summed E-state index contributed by atoms with van der Waals surface area (Å²) in [6.07, 6.45) is 1.91. The lowest BCUT2D eigenvalue weighted by Gasteiger charge is -2.22. The van der Waals surface area contributed by atoms with Crippen molar-refractivity contribution in [3.63, 3.8) is 0 Å². The largest absolute Gasteiger partial charge is 0.352 e. The third-order valence-electron chi connectivity index (χ3n) is 4.95. The van der Waals surface area contributed by atoms with Crippen molar-refractivity contribution in [3.8, 4) is 11.1 Å².